The van der Waals surface area contributed by atoms with E-state index in [1.165, 1.54) is 0 Å². The third-order valence-electron chi connectivity index (χ3n) is 1.70. The normalized spacial score (nSPS) is 12.1. The first-order valence-corrected chi connectivity index (χ1v) is 5.16. The fourth-order valence-corrected chi connectivity index (χ4v) is 1.29. The van der Waals surface area contributed by atoms with Gasteiger partial charge in [0, 0.05) is 4.83 Å². The Kier molecular flexibility index (Phi) is 3.95. The molecule has 1 rings (SSSR count). The van der Waals surface area contributed by atoms with Crippen molar-refractivity contribution in [3.05, 3.63) is 29.8 Å². The van der Waals surface area contributed by atoms with Crippen LogP contribution in [0.5, 0.6) is 5.75 Å². The van der Waals surface area contributed by atoms with E-state index in [4.69, 9.17) is 10.5 Å². The van der Waals surface area contributed by atoms with Gasteiger partial charge in [-0.05, 0) is 24.6 Å². The molecule has 0 spiro atoms. The van der Waals surface area contributed by atoms with Crippen molar-refractivity contribution < 1.29 is 9.53 Å². The Hall–Kier alpha value is -1.03. The summed E-state index contributed by atoms with van der Waals surface area (Å²) >= 11 is 3.45. The second-order valence-electron chi connectivity index (χ2n) is 2.94. The molecule has 4 heteroatoms. The molecular formula is C10H12BrNO2. The Morgan fingerprint density at radius 3 is 2.93 bits per heavy atom. The molecule has 0 bridgehead atoms. The van der Waals surface area contributed by atoms with Gasteiger partial charge in [0.15, 0.2) is 6.61 Å². The maximum atomic E-state index is 10.5. The molecule has 0 heterocycles. The first kappa shape index (κ1) is 11.0. The van der Waals surface area contributed by atoms with Gasteiger partial charge in [0.05, 0.1) is 0 Å². The van der Waals surface area contributed by atoms with Crippen LogP contribution in [-0.4, -0.2) is 12.5 Å². The van der Waals surface area contributed by atoms with Gasteiger partial charge >= 0.3 is 0 Å². The zero-order chi connectivity index (χ0) is 10.6. The molecule has 14 heavy (non-hydrogen) atoms. The van der Waals surface area contributed by atoms with Crippen molar-refractivity contribution >= 4 is 21.8 Å². The minimum absolute atomic E-state index is 0.0832. The van der Waals surface area contributed by atoms with Gasteiger partial charge in [0.25, 0.3) is 5.91 Å². The second-order valence-corrected chi connectivity index (χ2v) is 4.32. The molecule has 1 unspecified atom stereocenters. The summed E-state index contributed by atoms with van der Waals surface area (Å²) in [5, 5.41) is 0. The summed E-state index contributed by atoms with van der Waals surface area (Å²) in [6.07, 6.45) is 0. The summed E-state index contributed by atoms with van der Waals surface area (Å²) in [6, 6.07) is 7.53. The summed E-state index contributed by atoms with van der Waals surface area (Å²) in [4.78, 5) is 10.7. The number of alkyl halides is 1. The molecule has 1 amide bonds. The van der Waals surface area contributed by atoms with Crippen LogP contribution in [0, 0.1) is 0 Å². The van der Waals surface area contributed by atoms with Crippen LogP contribution >= 0.6 is 15.9 Å². The first-order valence-electron chi connectivity index (χ1n) is 4.24. The highest BCUT2D eigenvalue weighted by atomic mass is 79.9. The monoisotopic (exact) mass is 257 g/mol. The number of amides is 1. The van der Waals surface area contributed by atoms with Gasteiger partial charge in [0.1, 0.15) is 5.75 Å². The number of hydrogen-bond donors (Lipinski definition) is 1. The highest BCUT2D eigenvalue weighted by molar-refractivity contribution is 9.09. The predicted octanol–water partition coefficient (Wildman–Crippen LogP) is 2.01. The fourth-order valence-electron chi connectivity index (χ4n) is 1.01. The molecule has 1 aromatic rings. The summed E-state index contributed by atoms with van der Waals surface area (Å²) < 4.78 is 5.16. The van der Waals surface area contributed by atoms with E-state index in [1.807, 2.05) is 25.1 Å². The maximum Gasteiger partial charge on any atom is 0.255 e. The Morgan fingerprint density at radius 1 is 1.64 bits per heavy atom. The minimum Gasteiger partial charge on any atom is -0.484 e. The van der Waals surface area contributed by atoms with E-state index < -0.39 is 5.91 Å². The molecule has 0 aliphatic rings. The molecule has 0 aliphatic heterocycles. The van der Waals surface area contributed by atoms with Crippen LogP contribution in [0.3, 0.4) is 0 Å². The van der Waals surface area contributed by atoms with E-state index in [0.717, 1.165) is 5.56 Å². The van der Waals surface area contributed by atoms with Crippen LogP contribution in [0.25, 0.3) is 0 Å². The summed E-state index contributed by atoms with van der Waals surface area (Å²) in [7, 11) is 0. The van der Waals surface area contributed by atoms with Crippen LogP contribution in [-0.2, 0) is 4.79 Å². The molecule has 0 aromatic heterocycles. The van der Waals surface area contributed by atoms with E-state index in [2.05, 4.69) is 15.9 Å². The number of nitrogens with two attached hydrogens (primary N) is 1. The Bertz CT molecular complexity index is 326. The SMILES string of the molecule is CC(Br)c1cccc(OCC(N)=O)c1. The van der Waals surface area contributed by atoms with E-state index in [0.29, 0.717) is 5.75 Å². The van der Waals surface area contributed by atoms with E-state index >= 15 is 0 Å². The van der Waals surface area contributed by atoms with Crippen LogP contribution in [0.1, 0.15) is 17.3 Å². The number of primary amides is 1. The molecule has 0 radical (unpaired) electrons. The number of halogens is 1. The van der Waals surface area contributed by atoms with Crippen molar-refractivity contribution in [3.63, 3.8) is 0 Å². The maximum absolute atomic E-state index is 10.5. The topological polar surface area (TPSA) is 52.3 Å². The molecule has 0 aliphatic carbocycles. The van der Waals surface area contributed by atoms with Crippen LogP contribution in [0.2, 0.25) is 0 Å². The van der Waals surface area contributed by atoms with E-state index in [9.17, 15) is 4.79 Å². The largest absolute Gasteiger partial charge is 0.484 e. The molecule has 2 N–H and O–H groups in total. The lowest BCUT2D eigenvalue weighted by Crippen LogP contribution is -2.20. The number of carbonyl (C=O) groups is 1. The quantitative estimate of drug-likeness (QED) is 0.840. The highest BCUT2D eigenvalue weighted by Crippen LogP contribution is 2.24. The molecule has 0 saturated heterocycles. The Balaban J connectivity index is 2.68. The van der Waals surface area contributed by atoms with Gasteiger partial charge in [-0.3, -0.25) is 4.79 Å². The predicted molar refractivity (Wildman–Crippen MR) is 58.5 cm³/mol. The average Bonchev–Trinajstić information content (AvgIpc) is 2.15. The lowest BCUT2D eigenvalue weighted by atomic mass is 10.2. The number of carbonyl (C=O) groups excluding carboxylic acids is 1. The summed E-state index contributed by atoms with van der Waals surface area (Å²) in [5.74, 6) is 0.190. The van der Waals surface area contributed by atoms with Crippen LogP contribution < -0.4 is 10.5 Å². The second kappa shape index (κ2) is 5.00. The lowest BCUT2D eigenvalue weighted by molar-refractivity contribution is -0.119. The van der Waals surface area contributed by atoms with Gasteiger partial charge in [-0.2, -0.15) is 0 Å². The summed E-state index contributed by atoms with van der Waals surface area (Å²) in [5.41, 5.74) is 6.07. The van der Waals surface area contributed by atoms with Crippen molar-refractivity contribution in [1.29, 1.82) is 0 Å². The number of ether oxygens (including phenoxy) is 1. The first-order chi connectivity index (χ1) is 6.59. The molecule has 3 nitrogen and oxygen atoms in total. The van der Waals surface area contributed by atoms with Crippen molar-refractivity contribution in [2.45, 2.75) is 11.8 Å². The van der Waals surface area contributed by atoms with E-state index in [1.54, 1.807) is 6.07 Å². The molecule has 0 saturated carbocycles. The Labute approximate surface area is 91.4 Å². The third-order valence-corrected chi connectivity index (χ3v) is 2.23. The standard InChI is InChI=1S/C10H12BrNO2/c1-7(11)8-3-2-4-9(5-8)14-6-10(12)13/h2-5,7H,6H2,1H3,(H2,12,13). The van der Waals surface area contributed by atoms with Gasteiger partial charge < -0.3 is 10.5 Å². The summed E-state index contributed by atoms with van der Waals surface area (Å²) in [6.45, 7) is 1.94. The average molecular weight is 258 g/mol. The van der Waals surface area contributed by atoms with Crippen LogP contribution in [0.15, 0.2) is 24.3 Å². The molecule has 76 valence electrons. The van der Waals surface area contributed by atoms with Crippen molar-refractivity contribution in [2.75, 3.05) is 6.61 Å². The van der Waals surface area contributed by atoms with Crippen molar-refractivity contribution in [1.82, 2.24) is 0 Å². The number of hydrogen-bond acceptors (Lipinski definition) is 2. The molecule has 0 fully saturated rings. The Morgan fingerprint density at radius 2 is 2.36 bits per heavy atom. The fraction of sp³-hybridized carbons (Fsp3) is 0.300. The van der Waals surface area contributed by atoms with Crippen molar-refractivity contribution in [2.24, 2.45) is 5.73 Å². The molecule has 1 atom stereocenters. The van der Waals surface area contributed by atoms with Gasteiger partial charge in [0.2, 0.25) is 0 Å². The van der Waals surface area contributed by atoms with Gasteiger partial charge in [-0.25, -0.2) is 0 Å². The minimum atomic E-state index is -0.470. The number of rotatable bonds is 4. The smallest absolute Gasteiger partial charge is 0.255 e. The van der Waals surface area contributed by atoms with Crippen molar-refractivity contribution in [3.8, 4) is 5.75 Å². The van der Waals surface area contributed by atoms with Gasteiger partial charge in [-0.15, -0.1) is 0 Å². The zero-order valence-corrected chi connectivity index (χ0v) is 9.45. The number of benzene rings is 1. The van der Waals surface area contributed by atoms with Crippen LogP contribution in [0.4, 0.5) is 0 Å². The molecule has 1 aromatic carbocycles. The molecular weight excluding hydrogens is 246 g/mol. The van der Waals surface area contributed by atoms with E-state index in [-0.39, 0.29) is 11.4 Å². The lowest BCUT2D eigenvalue weighted by Gasteiger charge is -2.07. The van der Waals surface area contributed by atoms with Gasteiger partial charge in [-0.1, -0.05) is 28.1 Å². The highest BCUT2D eigenvalue weighted by Gasteiger charge is 2.02. The zero-order valence-electron chi connectivity index (χ0n) is 7.87. The third kappa shape index (κ3) is 3.38.